The molecule has 0 aromatic heterocycles. The van der Waals surface area contributed by atoms with Gasteiger partial charge >= 0.3 is 11.9 Å². The van der Waals surface area contributed by atoms with Crippen LogP contribution in [0.25, 0.3) is 0 Å². The third-order valence-electron chi connectivity index (χ3n) is 10.1. The number of hydrogen-bond acceptors (Lipinski definition) is 10. The molecule has 1 saturated heterocycles. The zero-order valence-electron chi connectivity index (χ0n) is 36.3. The van der Waals surface area contributed by atoms with E-state index in [4.69, 9.17) is 18.9 Å². The van der Waals surface area contributed by atoms with E-state index in [1.165, 1.54) is 38.5 Å². The molecule has 4 N–H and O–H groups in total. The molecule has 1 heterocycles. The van der Waals surface area contributed by atoms with Gasteiger partial charge in [-0.1, -0.05) is 145 Å². The van der Waals surface area contributed by atoms with Crippen LogP contribution in [0.1, 0.15) is 174 Å². The second-order valence-electron chi connectivity index (χ2n) is 15.5. The van der Waals surface area contributed by atoms with E-state index in [1.807, 2.05) is 0 Å². The fraction of sp³-hybridized carbons (Fsp3) is 0.750. The van der Waals surface area contributed by atoms with Gasteiger partial charge in [-0.05, 0) is 77.0 Å². The Labute approximate surface area is 351 Å². The lowest BCUT2D eigenvalue weighted by molar-refractivity contribution is -0.305. The molecule has 0 aliphatic carbocycles. The first-order valence-corrected chi connectivity index (χ1v) is 22.9. The van der Waals surface area contributed by atoms with Gasteiger partial charge in [-0.2, -0.15) is 0 Å². The molecule has 6 unspecified atom stereocenters. The lowest BCUT2D eigenvalue weighted by Crippen LogP contribution is -2.59. The minimum atomic E-state index is -1.60. The summed E-state index contributed by atoms with van der Waals surface area (Å²) in [4.78, 5) is 25.3. The van der Waals surface area contributed by atoms with Gasteiger partial charge in [-0.25, -0.2) is 0 Å². The van der Waals surface area contributed by atoms with E-state index in [1.54, 1.807) is 0 Å². The zero-order chi connectivity index (χ0) is 42.3. The molecule has 1 aliphatic heterocycles. The van der Waals surface area contributed by atoms with Gasteiger partial charge < -0.3 is 39.4 Å². The van der Waals surface area contributed by atoms with Gasteiger partial charge in [0.05, 0.1) is 13.2 Å². The molecule has 0 bridgehead atoms. The molecule has 0 spiro atoms. The van der Waals surface area contributed by atoms with Crippen LogP contribution >= 0.6 is 0 Å². The minimum Gasteiger partial charge on any atom is -0.462 e. The predicted octanol–water partition coefficient (Wildman–Crippen LogP) is 9.83. The van der Waals surface area contributed by atoms with Gasteiger partial charge in [0.25, 0.3) is 0 Å². The molecule has 334 valence electrons. The Balaban J connectivity index is 2.35. The van der Waals surface area contributed by atoms with Crippen molar-refractivity contribution < 1.29 is 49.0 Å². The Hall–Kier alpha value is -2.60. The summed E-state index contributed by atoms with van der Waals surface area (Å²) in [7, 11) is 0. The van der Waals surface area contributed by atoms with Gasteiger partial charge in [-0.15, -0.1) is 0 Å². The first-order valence-electron chi connectivity index (χ1n) is 22.9. The van der Waals surface area contributed by atoms with Crippen LogP contribution in [-0.2, 0) is 28.5 Å². The zero-order valence-corrected chi connectivity index (χ0v) is 36.3. The van der Waals surface area contributed by atoms with Crippen LogP contribution in [0.3, 0.4) is 0 Å². The van der Waals surface area contributed by atoms with Crippen LogP contribution in [0.2, 0.25) is 0 Å². The second-order valence-corrected chi connectivity index (χ2v) is 15.5. The van der Waals surface area contributed by atoms with E-state index in [0.29, 0.717) is 12.8 Å². The molecular formula is C48H82O10. The molecule has 0 radical (unpaired) electrons. The van der Waals surface area contributed by atoms with E-state index in [9.17, 15) is 30.0 Å². The number of hydrogen-bond donors (Lipinski definition) is 4. The van der Waals surface area contributed by atoms with Crippen molar-refractivity contribution in [2.24, 2.45) is 0 Å². The highest BCUT2D eigenvalue weighted by atomic mass is 16.7. The summed E-state index contributed by atoms with van der Waals surface area (Å²) in [5.74, 6) is -0.841. The molecule has 1 fully saturated rings. The van der Waals surface area contributed by atoms with Gasteiger partial charge in [0.15, 0.2) is 12.4 Å². The maximum Gasteiger partial charge on any atom is 0.306 e. The van der Waals surface area contributed by atoms with E-state index in [0.717, 1.165) is 96.3 Å². The molecule has 1 rings (SSSR count). The smallest absolute Gasteiger partial charge is 0.306 e. The fourth-order valence-electron chi connectivity index (χ4n) is 6.45. The van der Waals surface area contributed by atoms with E-state index >= 15 is 0 Å². The number of carbonyl (C=O) groups excluding carboxylic acids is 2. The lowest BCUT2D eigenvalue weighted by atomic mass is 9.99. The highest BCUT2D eigenvalue weighted by Crippen LogP contribution is 2.22. The Morgan fingerprint density at radius 2 is 0.983 bits per heavy atom. The molecule has 0 aromatic carbocycles. The number of rotatable bonds is 37. The average molecular weight is 819 g/mol. The van der Waals surface area contributed by atoms with Crippen molar-refractivity contribution >= 4 is 11.9 Å². The number of allylic oxidation sites excluding steroid dienone is 10. The Kier molecular flexibility index (Phi) is 35.5. The maximum absolute atomic E-state index is 12.8. The molecule has 0 aromatic rings. The Morgan fingerprint density at radius 3 is 1.50 bits per heavy atom. The van der Waals surface area contributed by atoms with Crippen LogP contribution in [0.5, 0.6) is 0 Å². The van der Waals surface area contributed by atoms with Gasteiger partial charge in [-0.3, -0.25) is 9.59 Å². The van der Waals surface area contributed by atoms with Crippen LogP contribution in [0.15, 0.2) is 60.8 Å². The third-order valence-corrected chi connectivity index (χ3v) is 10.1. The summed E-state index contributed by atoms with van der Waals surface area (Å²) in [5, 5.41) is 40.1. The Bertz CT molecular complexity index is 1130. The first-order chi connectivity index (χ1) is 28.3. The van der Waals surface area contributed by atoms with Crippen molar-refractivity contribution in [2.45, 2.75) is 211 Å². The maximum atomic E-state index is 12.8. The van der Waals surface area contributed by atoms with Crippen molar-refractivity contribution in [3.8, 4) is 0 Å². The van der Waals surface area contributed by atoms with Crippen molar-refractivity contribution in [3.63, 3.8) is 0 Å². The van der Waals surface area contributed by atoms with Crippen molar-refractivity contribution in [1.82, 2.24) is 0 Å². The van der Waals surface area contributed by atoms with Crippen LogP contribution in [0, 0.1) is 0 Å². The summed E-state index contributed by atoms with van der Waals surface area (Å²) < 4.78 is 22.1. The van der Waals surface area contributed by atoms with Crippen LogP contribution in [0.4, 0.5) is 0 Å². The lowest BCUT2D eigenvalue weighted by Gasteiger charge is -2.39. The molecule has 0 saturated carbocycles. The topological polar surface area (TPSA) is 152 Å². The summed E-state index contributed by atoms with van der Waals surface area (Å²) in [6.45, 7) is 3.32. The molecule has 1 aliphatic rings. The number of ether oxygens (including phenoxy) is 4. The highest BCUT2D eigenvalue weighted by molar-refractivity contribution is 5.70. The molecule has 10 heteroatoms. The van der Waals surface area contributed by atoms with Crippen LogP contribution < -0.4 is 0 Å². The van der Waals surface area contributed by atoms with E-state index < -0.39 is 55.4 Å². The SMILES string of the molecule is CCCC/C=C\C/C=C\CCCCCCCC(=O)OCC(COC1OC(CO)C(O)C(O)C1O)OC(=O)CCCCCCCC/C=C\C/C=C\C/C=C\CCCCC. The number of esters is 2. The monoisotopic (exact) mass is 819 g/mol. The number of carbonyl (C=O) groups is 2. The first kappa shape index (κ1) is 53.4. The largest absolute Gasteiger partial charge is 0.462 e. The van der Waals surface area contributed by atoms with Crippen molar-refractivity contribution in [3.05, 3.63) is 60.8 Å². The summed E-state index contributed by atoms with van der Waals surface area (Å²) in [5.41, 5.74) is 0. The summed E-state index contributed by atoms with van der Waals surface area (Å²) >= 11 is 0. The number of unbranched alkanes of at least 4 members (excludes halogenated alkanes) is 16. The standard InChI is InChI=1S/C48H82O10/c1-3-5-7-9-11-13-15-17-19-20-21-22-23-25-27-29-31-33-35-37-44(51)57-41(40-56-48-47(54)46(53)45(52)42(38-49)58-48)39-55-43(50)36-34-32-30-28-26-24-18-16-14-12-10-8-6-4-2/h10-13,16-19,21-22,41-42,45-49,52-54H,3-9,14-15,20,23-40H2,1-2H3/b12-10-,13-11-,18-16-,19-17-,22-21-. The molecule has 58 heavy (non-hydrogen) atoms. The van der Waals surface area contributed by atoms with Crippen molar-refractivity contribution in [2.75, 3.05) is 19.8 Å². The highest BCUT2D eigenvalue weighted by Gasteiger charge is 2.44. The summed E-state index contributed by atoms with van der Waals surface area (Å²) in [6.07, 6.45) is 39.3. The van der Waals surface area contributed by atoms with E-state index in [2.05, 4.69) is 74.6 Å². The second kappa shape index (κ2) is 38.6. The van der Waals surface area contributed by atoms with Crippen LogP contribution in [-0.4, -0.2) is 89.0 Å². The summed E-state index contributed by atoms with van der Waals surface area (Å²) in [6, 6.07) is 0. The molecule has 10 nitrogen and oxygen atoms in total. The number of aliphatic hydroxyl groups is 4. The van der Waals surface area contributed by atoms with Crippen molar-refractivity contribution in [1.29, 1.82) is 0 Å². The van der Waals surface area contributed by atoms with Gasteiger partial charge in [0, 0.05) is 12.8 Å². The minimum absolute atomic E-state index is 0.210. The number of aliphatic hydroxyl groups excluding tert-OH is 4. The van der Waals surface area contributed by atoms with Gasteiger partial charge in [0.1, 0.15) is 31.0 Å². The fourth-order valence-corrected chi connectivity index (χ4v) is 6.45. The van der Waals surface area contributed by atoms with Gasteiger partial charge in [0.2, 0.25) is 0 Å². The molecular weight excluding hydrogens is 737 g/mol. The molecule has 6 atom stereocenters. The quantitative estimate of drug-likeness (QED) is 0.0271. The Morgan fingerprint density at radius 1 is 0.534 bits per heavy atom. The third kappa shape index (κ3) is 29.6. The normalized spacial score (nSPS) is 20.7. The molecule has 0 amide bonds. The predicted molar refractivity (Wildman–Crippen MR) is 233 cm³/mol. The average Bonchev–Trinajstić information content (AvgIpc) is 3.22. The van der Waals surface area contributed by atoms with E-state index in [-0.39, 0.29) is 26.1 Å².